The Labute approximate surface area is 326 Å². The molecule has 16 heteroatoms. The van der Waals surface area contributed by atoms with Crippen LogP contribution in [-0.2, 0) is 9.47 Å². The highest BCUT2D eigenvalue weighted by Gasteiger charge is 2.35. The van der Waals surface area contributed by atoms with Gasteiger partial charge in [-0.25, -0.2) is 19.2 Å². The molecule has 2 atom stereocenters. The monoisotopic (exact) mass is 776 g/mol. The Hall–Kier alpha value is -4.96. The number of aromatic nitrogens is 4. The Morgan fingerprint density at radius 3 is 1.32 bits per heavy atom. The predicted molar refractivity (Wildman–Crippen MR) is 212 cm³/mol. The molecule has 4 aromatic rings. The molecule has 2 aromatic carbocycles. The zero-order valence-electron chi connectivity index (χ0n) is 33.0. The average molecular weight is 777 g/mol. The summed E-state index contributed by atoms with van der Waals surface area (Å²) in [6.45, 7) is 11.2. The molecular formula is C40H56N8O8. The number of carbonyl (C=O) groups excluding carboxylic acids is 2. The lowest BCUT2D eigenvalue weighted by Gasteiger charge is -2.36. The van der Waals surface area contributed by atoms with Crippen LogP contribution in [-0.4, -0.2) is 143 Å². The van der Waals surface area contributed by atoms with Gasteiger partial charge in [-0.15, -0.1) is 0 Å². The van der Waals surface area contributed by atoms with E-state index in [-0.39, 0.29) is 35.6 Å². The lowest BCUT2D eigenvalue weighted by molar-refractivity contribution is 0.104. The number of hydrogen-bond donors (Lipinski definition) is 2. The van der Waals surface area contributed by atoms with Gasteiger partial charge in [0.2, 0.25) is 0 Å². The Morgan fingerprint density at radius 1 is 0.589 bits per heavy atom. The zero-order chi connectivity index (χ0) is 39.3. The third-order valence-electron chi connectivity index (χ3n) is 12.0. The maximum atomic E-state index is 12.5. The van der Waals surface area contributed by atoms with Crippen molar-refractivity contribution in [1.82, 2.24) is 38.7 Å². The summed E-state index contributed by atoms with van der Waals surface area (Å²) in [5.41, 5.74) is 3.37. The number of benzene rings is 2. The van der Waals surface area contributed by atoms with Crippen LogP contribution in [0, 0.1) is 0 Å². The second kappa shape index (κ2) is 17.5. The number of H-pyrrole nitrogens is 2. The van der Waals surface area contributed by atoms with Crippen LogP contribution in [0.2, 0.25) is 0 Å². The number of methoxy groups -OCH3 is 2. The number of nitrogens with zero attached hydrogens (tertiary/aromatic N) is 6. The van der Waals surface area contributed by atoms with Crippen molar-refractivity contribution in [2.75, 3.05) is 79.8 Å². The summed E-state index contributed by atoms with van der Waals surface area (Å²) in [7, 11) is 3.27. The zero-order valence-corrected chi connectivity index (χ0v) is 33.0. The van der Waals surface area contributed by atoms with E-state index < -0.39 is 0 Å². The van der Waals surface area contributed by atoms with Crippen LogP contribution in [0.4, 0.5) is 9.59 Å². The number of rotatable bonds is 8. The number of aromatic amines is 2. The van der Waals surface area contributed by atoms with E-state index in [1.54, 1.807) is 24.0 Å². The number of carbonyl (C=O) groups is 2. The Bertz CT molecular complexity index is 1940. The van der Waals surface area contributed by atoms with Gasteiger partial charge >= 0.3 is 23.6 Å². The number of nitrogens with one attached hydrogen (secondary N) is 2. The smallest absolute Gasteiger partial charge is 0.409 e. The minimum atomic E-state index is -0.209. The molecule has 4 aliphatic heterocycles. The Morgan fingerprint density at radius 2 is 0.964 bits per heavy atom. The predicted octanol–water partition coefficient (Wildman–Crippen LogP) is 4.41. The van der Waals surface area contributed by atoms with E-state index in [1.807, 2.05) is 59.4 Å². The van der Waals surface area contributed by atoms with E-state index in [0.717, 1.165) is 124 Å². The Balaban J connectivity index is 0.000000172. The van der Waals surface area contributed by atoms with Crippen LogP contribution >= 0.6 is 0 Å². The van der Waals surface area contributed by atoms with Gasteiger partial charge in [-0.1, -0.05) is 0 Å². The molecule has 0 aliphatic carbocycles. The van der Waals surface area contributed by atoms with Crippen molar-refractivity contribution in [3.05, 3.63) is 57.4 Å². The first kappa shape index (κ1) is 39.3. The standard InChI is InChI=1S/2C20H28N4O4/c2*1-3-28-20(26)23-11-8-15(13-23)22-9-6-14(7-10-22)24-18-12-16(27-2)4-5-17(18)21-19(24)25/h2*4-5,12,14-15H,3,6-11,13H2,1-2H3,(H,21,25)/t2*15-/m10/s1. The van der Waals surface area contributed by atoms with E-state index in [9.17, 15) is 19.2 Å². The highest BCUT2D eigenvalue weighted by molar-refractivity contribution is 5.78. The molecule has 16 nitrogen and oxygen atoms in total. The molecule has 4 aliphatic rings. The molecule has 304 valence electrons. The molecule has 0 radical (unpaired) electrons. The molecule has 8 rings (SSSR count). The van der Waals surface area contributed by atoms with Gasteiger partial charge in [0, 0.05) is 88.7 Å². The number of hydrogen-bond acceptors (Lipinski definition) is 10. The summed E-state index contributed by atoms with van der Waals surface area (Å²) in [6.07, 6.45) is 5.21. The van der Waals surface area contributed by atoms with E-state index in [4.69, 9.17) is 18.9 Å². The molecule has 4 saturated heterocycles. The maximum absolute atomic E-state index is 12.5. The molecule has 2 N–H and O–H groups in total. The van der Waals surface area contributed by atoms with Crippen molar-refractivity contribution in [2.24, 2.45) is 0 Å². The molecule has 2 amide bonds. The molecule has 0 bridgehead atoms. The van der Waals surface area contributed by atoms with E-state index in [1.165, 1.54) is 0 Å². The first-order valence-electron chi connectivity index (χ1n) is 20.1. The van der Waals surface area contributed by atoms with Crippen molar-refractivity contribution in [3.63, 3.8) is 0 Å². The quantitative estimate of drug-likeness (QED) is 0.263. The van der Waals surface area contributed by atoms with Crippen LogP contribution in [0.3, 0.4) is 0 Å². The van der Waals surface area contributed by atoms with Crippen molar-refractivity contribution >= 4 is 34.3 Å². The van der Waals surface area contributed by atoms with Gasteiger partial charge in [0.05, 0.1) is 49.5 Å². The number of imidazole rings is 2. The van der Waals surface area contributed by atoms with Gasteiger partial charge in [-0.3, -0.25) is 18.9 Å². The third kappa shape index (κ3) is 8.26. The van der Waals surface area contributed by atoms with E-state index in [0.29, 0.717) is 25.3 Å². The van der Waals surface area contributed by atoms with Crippen molar-refractivity contribution in [3.8, 4) is 11.5 Å². The molecule has 2 aromatic heterocycles. The summed E-state index contributed by atoms with van der Waals surface area (Å²) in [6, 6.07) is 12.5. The Kier molecular flexibility index (Phi) is 12.2. The van der Waals surface area contributed by atoms with Crippen molar-refractivity contribution < 1.29 is 28.5 Å². The largest absolute Gasteiger partial charge is 0.497 e. The molecule has 6 heterocycles. The van der Waals surface area contributed by atoms with Crippen LogP contribution in [0.1, 0.15) is 64.5 Å². The number of amides is 2. The number of ether oxygens (including phenoxy) is 4. The van der Waals surface area contributed by atoms with Crippen LogP contribution in [0.5, 0.6) is 11.5 Å². The molecule has 56 heavy (non-hydrogen) atoms. The van der Waals surface area contributed by atoms with Crippen LogP contribution in [0.25, 0.3) is 22.1 Å². The lowest BCUT2D eigenvalue weighted by atomic mass is 10.0. The summed E-state index contributed by atoms with van der Waals surface area (Å²) in [5, 5.41) is 0. The second-order valence-corrected chi connectivity index (χ2v) is 15.1. The summed E-state index contributed by atoms with van der Waals surface area (Å²) in [5.74, 6) is 1.50. The topological polar surface area (TPSA) is 160 Å². The molecule has 0 unspecified atom stereocenters. The van der Waals surface area contributed by atoms with Gasteiger partial charge in [0.15, 0.2) is 0 Å². The van der Waals surface area contributed by atoms with Crippen molar-refractivity contribution in [1.29, 1.82) is 0 Å². The summed E-state index contributed by atoms with van der Waals surface area (Å²) < 4.78 is 24.7. The fourth-order valence-electron chi connectivity index (χ4n) is 9.04. The first-order chi connectivity index (χ1) is 27.2. The molecular weight excluding hydrogens is 720 g/mol. The fourth-order valence-corrected chi connectivity index (χ4v) is 9.04. The molecule has 4 fully saturated rings. The van der Waals surface area contributed by atoms with E-state index in [2.05, 4.69) is 19.8 Å². The highest BCUT2D eigenvalue weighted by Crippen LogP contribution is 2.31. The first-order valence-corrected chi connectivity index (χ1v) is 20.1. The minimum absolute atomic E-state index is 0.0592. The fraction of sp³-hybridized carbons (Fsp3) is 0.600. The minimum Gasteiger partial charge on any atom is -0.497 e. The van der Waals surface area contributed by atoms with Gasteiger partial charge in [0.1, 0.15) is 11.5 Å². The molecule has 0 spiro atoms. The number of fused-ring (bicyclic) bond motifs is 2. The lowest BCUT2D eigenvalue weighted by Crippen LogP contribution is -2.44. The van der Waals surface area contributed by atoms with E-state index >= 15 is 0 Å². The average Bonchev–Trinajstić information content (AvgIpc) is 4.03. The summed E-state index contributed by atoms with van der Waals surface area (Å²) in [4.78, 5) is 63.4. The molecule has 0 saturated carbocycles. The van der Waals surface area contributed by atoms with Gasteiger partial charge in [-0.2, -0.15) is 0 Å². The second-order valence-electron chi connectivity index (χ2n) is 15.1. The normalized spacial score (nSPS) is 21.4. The van der Waals surface area contributed by atoms with Crippen LogP contribution < -0.4 is 20.9 Å². The SMILES string of the molecule is CCOC(=O)N1CC[C@@H](N2CCC(n3c(=O)[nH]c4ccc(OC)cc43)CC2)C1.CCOC(=O)N1CC[C@H](N2CCC(n3c(=O)[nH]c4ccc(OC)cc43)CC2)C1. The highest BCUT2D eigenvalue weighted by atomic mass is 16.6. The maximum Gasteiger partial charge on any atom is 0.409 e. The van der Waals surface area contributed by atoms with Gasteiger partial charge in [0.25, 0.3) is 0 Å². The van der Waals surface area contributed by atoms with Crippen molar-refractivity contribution in [2.45, 2.75) is 76.5 Å². The number of piperidine rings is 2. The van der Waals surface area contributed by atoms with Gasteiger partial charge in [-0.05, 0) is 76.6 Å². The third-order valence-corrected chi connectivity index (χ3v) is 12.0. The van der Waals surface area contributed by atoms with Crippen LogP contribution in [0.15, 0.2) is 46.0 Å². The van der Waals surface area contributed by atoms with Gasteiger partial charge < -0.3 is 38.7 Å². The number of likely N-dealkylation sites (tertiary alicyclic amines) is 4. The summed E-state index contributed by atoms with van der Waals surface area (Å²) >= 11 is 0.